The van der Waals surface area contributed by atoms with Crippen LogP contribution in [0.5, 0.6) is 0 Å². The molecule has 1 unspecified atom stereocenters. The van der Waals surface area contributed by atoms with Crippen LogP contribution in [0.4, 0.5) is 0 Å². The van der Waals surface area contributed by atoms with Crippen LogP contribution in [-0.2, 0) is 6.61 Å². The number of nitrogens with one attached hydrogen (secondary N) is 1. The Morgan fingerprint density at radius 3 is 2.54 bits per heavy atom. The van der Waals surface area contributed by atoms with Crippen molar-refractivity contribution in [3.8, 4) is 0 Å². The van der Waals surface area contributed by atoms with Crippen LogP contribution in [0.25, 0.3) is 11.5 Å². The molecule has 3 N–H and O–H groups in total. The summed E-state index contributed by atoms with van der Waals surface area (Å²) in [5, 5.41) is 23.4. The summed E-state index contributed by atoms with van der Waals surface area (Å²) in [5.41, 5.74) is 1.91. The lowest BCUT2D eigenvalue weighted by molar-refractivity contribution is -0.576. The first-order valence-electron chi connectivity index (χ1n) is 7.97. The van der Waals surface area contributed by atoms with Gasteiger partial charge in [0.05, 0.1) is 6.61 Å². The summed E-state index contributed by atoms with van der Waals surface area (Å²) in [6.07, 6.45) is 4.48. The normalized spacial score (nSPS) is 13.1. The van der Waals surface area contributed by atoms with E-state index < -0.39 is 0 Å². The second-order valence-corrected chi connectivity index (χ2v) is 6.03. The molecule has 0 saturated heterocycles. The van der Waals surface area contributed by atoms with E-state index in [2.05, 4.69) is 12.2 Å². The minimum atomic E-state index is -0.0776. The van der Waals surface area contributed by atoms with Gasteiger partial charge in [0.25, 0.3) is 5.70 Å². The van der Waals surface area contributed by atoms with E-state index in [9.17, 15) is 10.2 Å². The largest absolute Gasteiger partial charge is 0.502 e. The lowest BCUT2D eigenvalue weighted by Crippen LogP contribution is -2.43. The fraction of sp³-hybridized carbons (Fsp3) is 0.263. The Labute approximate surface area is 148 Å². The first kappa shape index (κ1) is 18.1. The van der Waals surface area contributed by atoms with Crippen LogP contribution in [0.2, 0.25) is 0 Å². The van der Waals surface area contributed by atoms with E-state index in [0.717, 1.165) is 12.0 Å². The number of aliphatic hydroxyl groups excluding tert-OH is 2. The first-order chi connectivity index (χ1) is 11.6. The zero-order valence-electron chi connectivity index (χ0n) is 13.9. The van der Waals surface area contributed by atoms with E-state index in [1.165, 1.54) is 0 Å². The molecule has 0 aliphatic rings. The van der Waals surface area contributed by atoms with Gasteiger partial charge in [-0.1, -0.05) is 49.5 Å². The minimum Gasteiger partial charge on any atom is -0.502 e. The van der Waals surface area contributed by atoms with Crippen molar-refractivity contribution in [1.29, 1.82) is 0 Å². The predicted molar refractivity (Wildman–Crippen MR) is 100 cm³/mol. The second kappa shape index (κ2) is 8.57. The highest BCUT2D eigenvalue weighted by atomic mass is 32.1. The van der Waals surface area contributed by atoms with E-state index in [1.54, 1.807) is 17.0 Å². The summed E-state index contributed by atoms with van der Waals surface area (Å²) >= 11 is 5.54. The molecular weight excluding hydrogens is 320 g/mol. The van der Waals surface area contributed by atoms with Crippen LogP contribution in [0, 0.1) is 0 Å². The summed E-state index contributed by atoms with van der Waals surface area (Å²) < 4.78 is 1.74. The highest BCUT2D eigenvalue weighted by molar-refractivity contribution is 7.81. The fourth-order valence-corrected chi connectivity index (χ4v) is 2.63. The third kappa shape index (κ3) is 4.40. The first-order valence-corrected chi connectivity index (χ1v) is 8.38. The molecular formula is C19H23N2O2S+. The van der Waals surface area contributed by atoms with Crippen molar-refractivity contribution in [3.63, 3.8) is 0 Å². The van der Waals surface area contributed by atoms with Gasteiger partial charge in [-0.2, -0.15) is 4.57 Å². The van der Waals surface area contributed by atoms with Crippen molar-refractivity contribution in [3.05, 3.63) is 66.0 Å². The molecule has 0 fully saturated rings. The van der Waals surface area contributed by atoms with Crippen LogP contribution in [0.15, 0.2) is 54.9 Å². The van der Waals surface area contributed by atoms with Crippen LogP contribution in [-0.4, -0.2) is 21.2 Å². The number of nitrogens with zero attached hydrogens (tertiary/aromatic N) is 1. The van der Waals surface area contributed by atoms with Crippen LogP contribution in [0.3, 0.4) is 0 Å². The van der Waals surface area contributed by atoms with Crippen molar-refractivity contribution in [2.45, 2.75) is 32.9 Å². The number of pyridine rings is 1. The smallest absolute Gasteiger partial charge is 0.288 e. The molecule has 2 aromatic rings. The number of aromatic nitrogens is 1. The van der Waals surface area contributed by atoms with Gasteiger partial charge in [0.15, 0.2) is 23.1 Å². The van der Waals surface area contributed by atoms with E-state index in [0.29, 0.717) is 16.2 Å². The number of rotatable bonds is 6. The summed E-state index contributed by atoms with van der Waals surface area (Å²) in [6.45, 7) is 4.03. The monoisotopic (exact) mass is 343 g/mol. The van der Waals surface area contributed by atoms with E-state index >= 15 is 0 Å². The van der Waals surface area contributed by atoms with E-state index in [4.69, 9.17) is 12.2 Å². The summed E-state index contributed by atoms with van der Waals surface area (Å²) in [7, 11) is 0. The number of hydrogen-bond acceptors (Lipinski definition) is 3. The standard InChI is InChI=1S/C19H22N2O2S/c1-3-14(2)20-19(24)17(18(23)16-9-5-4-6-10-16)21-11-7-8-15(12-21)13-22/h4-12,14,22H,3,13H2,1-2H3,(H-,20,23,24)/p+1. The lowest BCUT2D eigenvalue weighted by atomic mass is 10.1. The molecule has 1 atom stereocenters. The summed E-state index contributed by atoms with van der Waals surface area (Å²) in [6, 6.07) is 13.1. The third-order valence-electron chi connectivity index (χ3n) is 3.78. The second-order valence-electron chi connectivity index (χ2n) is 5.62. The Morgan fingerprint density at radius 2 is 1.92 bits per heavy atom. The Morgan fingerprint density at radius 1 is 1.21 bits per heavy atom. The number of hydrogen-bond donors (Lipinski definition) is 3. The molecule has 0 aliphatic carbocycles. The highest BCUT2D eigenvalue weighted by Crippen LogP contribution is 2.17. The summed E-state index contributed by atoms with van der Waals surface area (Å²) in [4.78, 5) is 0.464. The van der Waals surface area contributed by atoms with E-state index in [1.807, 2.05) is 49.4 Å². The van der Waals surface area contributed by atoms with Gasteiger partial charge in [-0.25, -0.2) is 0 Å². The molecule has 5 heteroatoms. The average molecular weight is 343 g/mol. The molecule has 0 aliphatic heterocycles. The lowest BCUT2D eigenvalue weighted by Gasteiger charge is -2.14. The highest BCUT2D eigenvalue weighted by Gasteiger charge is 2.24. The van der Waals surface area contributed by atoms with Gasteiger partial charge in [-0.15, -0.1) is 0 Å². The van der Waals surface area contributed by atoms with Crippen molar-refractivity contribution in [2.75, 3.05) is 0 Å². The average Bonchev–Trinajstić information content (AvgIpc) is 2.62. The third-order valence-corrected chi connectivity index (χ3v) is 4.09. The van der Waals surface area contributed by atoms with Gasteiger partial charge < -0.3 is 15.5 Å². The van der Waals surface area contributed by atoms with Crippen molar-refractivity contribution in [2.24, 2.45) is 0 Å². The Bertz CT molecular complexity index is 729. The molecule has 24 heavy (non-hydrogen) atoms. The minimum absolute atomic E-state index is 0.0776. The Balaban J connectivity index is 2.54. The molecule has 2 rings (SSSR count). The molecule has 0 spiro atoms. The maximum atomic E-state index is 10.8. The van der Waals surface area contributed by atoms with Gasteiger partial charge in [-0.3, -0.25) is 0 Å². The quantitative estimate of drug-likeness (QED) is 0.327. The molecule has 1 aromatic heterocycles. The van der Waals surface area contributed by atoms with Crippen molar-refractivity contribution in [1.82, 2.24) is 5.32 Å². The predicted octanol–water partition coefficient (Wildman–Crippen LogP) is 3.07. The maximum absolute atomic E-state index is 10.8. The molecule has 0 radical (unpaired) electrons. The van der Waals surface area contributed by atoms with Gasteiger partial charge in [-0.05, 0) is 19.4 Å². The van der Waals surface area contributed by atoms with Crippen LogP contribution in [0.1, 0.15) is 31.4 Å². The number of thiocarbonyl (C=S) groups is 1. The fourth-order valence-electron chi connectivity index (χ4n) is 2.23. The zero-order chi connectivity index (χ0) is 17.5. The van der Waals surface area contributed by atoms with Crippen LogP contribution < -0.4 is 9.88 Å². The van der Waals surface area contributed by atoms with E-state index in [-0.39, 0.29) is 18.4 Å². The molecule has 0 saturated carbocycles. The molecule has 0 bridgehead atoms. The molecule has 4 nitrogen and oxygen atoms in total. The SMILES string of the molecule is CCC(C)NC(=S)/C(=C(\O)c1ccccc1)[n+]1cccc(CO)c1. The van der Waals surface area contributed by atoms with Gasteiger partial charge in [0, 0.05) is 23.2 Å². The van der Waals surface area contributed by atoms with Gasteiger partial charge in [0.1, 0.15) is 0 Å². The van der Waals surface area contributed by atoms with Gasteiger partial charge in [0.2, 0.25) is 0 Å². The molecule has 1 heterocycles. The number of benzene rings is 1. The molecule has 1 aromatic carbocycles. The maximum Gasteiger partial charge on any atom is 0.288 e. The molecule has 126 valence electrons. The zero-order valence-corrected chi connectivity index (χ0v) is 14.8. The molecule has 0 amide bonds. The van der Waals surface area contributed by atoms with Crippen molar-refractivity contribution < 1.29 is 14.8 Å². The number of aliphatic hydroxyl groups is 2. The Hall–Kier alpha value is -2.24. The Kier molecular flexibility index (Phi) is 6.46. The topological polar surface area (TPSA) is 56.4 Å². The van der Waals surface area contributed by atoms with Crippen molar-refractivity contribution >= 4 is 28.7 Å². The van der Waals surface area contributed by atoms with Crippen LogP contribution >= 0.6 is 12.2 Å². The summed E-state index contributed by atoms with van der Waals surface area (Å²) in [5.74, 6) is 0.0940. The van der Waals surface area contributed by atoms with Gasteiger partial charge >= 0.3 is 0 Å².